The van der Waals surface area contributed by atoms with Crippen LogP contribution in [0.5, 0.6) is 11.5 Å². The first-order valence-corrected chi connectivity index (χ1v) is 31.1. The smallest absolute Gasteiger partial charge is 0.295 e. The van der Waals surface area contributed by atoms with Gasteiger partial charge in [0, 0.05) is 37.2 Å². The average molecular weight is 1140 g/mol. The monoisotopic (exact) mass is 1140 g/mol. The highest BCUT2D eigenvalue weighted by Gasteiger charge is 2.41. The van der Waals surface area contributed by atoms with Crippen LogP contribution in [0.15, 0.2) is 223 Å². The molecule has 10 rings (SSSR count). The number of fused-ring (bicyclic) bond motifs is 2. The van der Waals surface area contributed by atoms with Crippen molar-refractivity contribution in [1.82, 2.24) is 19.8 Å². The standard InChI is InChI=1S/C72H74N4O7S/c77-69(72(80)75-51-60-35-15-13-33-58(60)49-67(75)70(78)73-62(37-17-29-53-21-5-1-6-22-53)38-18-30-54-23-7-2-8-24-54)57-41-43-64(44-42-57)83-65-45-47-66(48-46-65)84(81,82)76-52-61-36-16-14-34-59(61)50-68(76)71(79)74-63(39-19-31-55-25-9-3-10-26-55)40-20-32-56-27-11-4-12-28-56/h1-16,21-28,33-36,41-48,62-63,67-68H,17-20,29-32,37-40,49-52H2,(H,73,78)(H,74,79)/t67-,68-/m0/s1. The molecular formula is C72H74N4O7S. The molecular weight excluding hydrogens is 1060 g/mol. The van der Waals surface area contributed by atoms with Gasteiger partial charge in [0.05, 0.1) is 4.90 Å². The minimum absolute atomic E-state index is 0.0164. The Bertz CT molecular complexity index is 3480. The molecule has 0 saturated heterocycles. The van der Waals surface area contributed by atoms with Gasteiger partial charge in [0.15, 0.2) is 0 Å². The van der Waals surface area contributed by atoms with Gasteiger partial charge in [-0.15, -0.1) is 0 Å². The Morgan fingerprint density at radius 3 is 1.21 bits per heavy atom. The highest BCUT2D eigenvalue weighted by molar-refractivity contribution is 7.89. The van der Waals surface area contributed by atoms with Crippen molar-refractivity contribution in [3.05, 3.63) is 268 Å². The summed E-state index contributed by atoms with van der Waals surface area (Å²) in [6.07, 6.45) is 10.6. The first kappa shape index (κ1) is 58.7. The Labute approximate surface area is 495 Å². The van der Waals surface area contributed by atoms with E-state index in [1.807, 2.05) is 121 Å². The number of Topliss-reactive ketones (excluding diaryl/α,β-unsaturated/α-hetero) is 1. The van der Waals surface area contributed by atoms with Gasteiger partial charge in [0.2, 0.25) is 27.6 Å². The topological polar surface area (TPSA) is 142 Å². The fourth-order valence-electron chi connectivity index (χ4n) is 11.8. The predicted molar refractivity (Wildman–Crippen MR) is 330 cm³/mol. The molecule has 430 valence electrons. The number of hydrogen-bond acceptors (Lipinski definition) is 7. The molecule has 0 aromatic heterocycles. The van der Waals surface area contributed by atoms with Crippen molar-refractivity contribution in [3.8, 4) is 11.5 Å². The van der Waals surface area contributed by atoms with Crippen LogP contribution in [-0.2, 0) is 76.0 Å². The second-order valence-electron chi connectivity index (χ2n) is 22.3. The van der Waals surface area contributed by atoms with Gasteiger partial charge in [-0.05, 0) is 177 Å². The average Bonchev–Trinajstić information content (AvgIpc) is 1.91. The molecule has 3 amide bonds. The van der Waals surface area contributed by atoms with Crippen molar-refractivity contribution < 1.29 is 32.3 Å². The van der Waals surface area contributed by atoms with Crippen LogP contribution in [0.2, 0.25) is 0 Å². The summed E-state index contributed by atoms with van der Waals surface area (Å²) >= 11 is 0. The fourth-order valence-corrected chi connectivity index (χ4v) is 13.4. The number of carbonyl (C=O) groups is 4. The van der Waals surface area contributed by atoms with Gasteiger partial charge in [-0.25, -0.2) is 8.42 Å². The number of carbonyl (C=O) groups excluding carboxylic acids is 4. The van der Waals surface area contributed by atoms with E-state index in [-0.39, 0.29) is 60.3 Å². The number of nitrogens with zero attached hydrogens (tertiary/aromatic N) is 2. The first-order valence-electron chi connectivity index (χ1n) is 29.7. The number of nitrogens with one attached hydrogen (secondary N) is 2. The van der Waals surface area contributed by atoms with E-state index in [0.717, 1.165) is 99.3 Å². The molecule has 2 N–H and O–H groups in total. The normalized spacial score (nSPS) is 15.0. The largest absolute Gasteiger partial charge is 0.457 e. The molecule has 0 unspecified atom stereocenters. The summed E-state index contributed by atoms with van der Waals surface area (Å²) in [5, 5.41) is 6.66. The Hall–Kier alpha value is -8.45. The molecule has 2 heterocycles. The number of amides is 3. The zero-order valence-corrected chi connectivity index (χ0v) is 48.4. The number of aryl methyl sites for hydroxylation is 4. The first-order chi connectivity index (χ1) is 41.0. The van der Waals surface area contributed by atoms with Crippen LogP contribution < -0.4 is 15.4 Å². The molecule has 0 aliphatic carbocycles. The minimum Gasteiger partial charge on any atom is -0.457 e. The van der Waals surface area contributed by atoms with Gasteiger partial charge >= 0.3 is 0 Å². The van der Waals surface area contributed by atoms with Crippen LogP contribution in [0.4, 0.5) is 0 Å². The van der Waals surface area contributed by atoms with Crippen molar-refractivity contribution in [2.75, 3.05) is 0 Å². The Morgan fingerprint density at radius 1 is 0.429 bits per heavy atom. The van der Waals surface area contributed by atoms with Crippen molar-refractivity contribution in [3.63, 3.8) is 0 Å². The summed E-state index contributed by atoms with van der Waals surface area (Å²) in [4.78, 5) is 59.0. The lowest BCUT2D eigenvalue weighted by molar-refractivity contribution is -0.138. The lowest BCUT2D eigenvalue weighted by atomic mass is 9.92. The Balaban J connectivity index is 0.793. The minimum atomic E-state index is -4.20. The summed E-state index contributed by atoms with van der Waals surface area (Å²) in [5.74, 6) is -1.40. The number of sulfonamides is 1. The van der Waals surface area contributed by atoms with E-state index in [0.29, 0.717) is 11.5 Å². The van der Waals surface area contributed by atoms with Crippen molar-refractivity contribution in [2.45, 2.75) is 132 Å². The third-order valence-electron chi connectivity index (χ3n) is 16.4. The van der Waals surface area contributed by atoms with E-state index in [2.05, 4.69) is 59.2 Å². The fraction of sp³-hybridized carbons (Fsp3) is 0.278. The quantitative estimate of drug-likeness (QED) is 0.0406. The van der Waals surface area contributed by atoms with E-state index in [1.165, 1.54) is 55.7 Å². The maximum atomic E-state index is 14.7. The molecule has 2 aliphatic heterocycles. The molecule has 11 nitrogen and oxygen atoms in total. The third kappa shape index (κ3) is 15.6. The zero-order valence-electron chi connectivity index (χ0n) is 47.6. The molecule has 2 aliphatic rings. The van der Waals surface area contributed by atoms with Crippen LogP contribution in [0.1, 0.15) is 106 Å². The highest BCUT2D eigenvalue weighted by atomic mass is 32.2. The lowest BCUT2D eigenvalue weighted by Crippen LogP contribution is -2.55. The van der Waals surface area contributed by atoms with Crippen LogP contribution >= 0.6 is 0 Å². The number of ether oxygens (including phenoxy) is 1. The molecule has 2 atom stereocenters. The van der Waals surface area contributed by atoms with Gasteiger partial charge in [0.1, 0.15) is 23.6 Å². The maximum absolute atomic E-state index is 14.7. The molecule has 0 spiro atoms. The predicted octanol–water partition coefficient (Wildman–Crippen LogP) is 12.8. The summed E-state index contributed by atoms with van der Waals surface area (Å²) in [5.41, 5.74) is 8.74. The molecule has 0 bridgehead atoms. The van der Waals surface area contributed by atoms with Crippen LogP contribution in [0, 0.1) is 0 Å². The van der Waals surface area contributed by atoms with Gasteiger partial charge in [0.25, 0.3) is 5.91 Å². The van der Waals surface area contributed by atoms with E-state index in [4.69, 9.17) is 4.74 Å². The van der Waals surface area contributed by atoms with Gasteiger partial charge in [-0.2, -0.15) is 4.31 Å². The maximum Gasteiger partial charge on any atom is 0.295 e. The van der Waals surface area contributed by atoms with Crippen molar-refractivity contribution >= 4 is 33.5 Å². The lowest BCUT2D eigenvalue weighted by Gasteiger charge is -2.36. The van der Waals surface area contributed by atoms with Crippen molar-refractivity contribution in [1.29, 1.82) is 0 Å². The van der Waals surface area contributed by atoms with Crippen LogP contribution in [-0.4, -0.2) is 65.3 Å². The third-order valence-corrected chi connectivity index (χ3v) is 18.3. The zero-order chi connectivity index (χ0) is 58.1. The number of ketones is 1. The number of benzene rings is 8. The van der Waals surface area contributed by atoms with Crippen LogP contribution in [0.25, 0.3) is 0 Å². The summed E-state index contributed by atoms with van der Waals surface area (Å²) < 4.78 is 37.0. The van der Waals surface area contributed by atoms with E-state index in [9.17, 15) is 27.6 Å². The summed E-state index contributed by atoms with van der Waals surface area (Å²) in [7, 11) is -4.20. The molecule has 12 heteroatoms. The molecule has 84 heavy (non-hydrogen) atoms. The van der Waals surface area contributed by atoms with E-state index in [1.54, 1.807) is 24.3 Å². The highest BCUT2D eigenvalue weighted by Crippen LogP contribution is 2.32. The summed E-state index contributed by atoms with van der Waals surface area (Å²) in [6.45, 7) is 0.155. The van der Waals surface area contributed by atoms with E-state index >= 15 is 0 Å². The number of hydrogen-bond donors (Lipinski definition) is 2. The van der Waals surface area contributed by atoms with Gasteiger partial charge < -0.3 is 20.3 Å². The van der Waals surface area contributed by atoms with Gasteiger partial charge in [-0.3, -0.25) is 19.2 Å². The molecule has 8 aromatic rings. The molecule has 0 radical (unpaired) electrons. The second kappa shape index (κ2) is 28.7. The molecule has 0 fully saturated rings. The second-order valence-corrected chi connectivity index (χ2v) is 24.2. The van der Waals surface area contributed by atoms with Crippen LogP contribution in [0.3, 0.4) is 0 Å². The van der Waals surface area contributed by atoms with E-state index < -0.39 is 33.8 Å². The summed E-state index contributed by atoms with van der Waals surface area (Å²) in [6, 6.07) is 66.8. The Kier molecular flexibility index (Phi) is 20.1. The molecule has 8 aromatic carbocycles. The van der Waals surface area contributed by atoms with Gasteiger partial charge in [-0.1, -0.05) is 170 Å². The number of rotatable bonds is 26. The molecule has 0 saturated carbocycles. The van der Waals surface area contributed by atoms with Crippen molar-refractivity contribution in [2.24, 2.45) is 0 Å². The Morgan fingerprint density at radius 2 is 0.786 bits per heavy atom. The SMILES string of the molecule is O=C(C(=O)N1Cc2ccccc2C[C@H]1C(=O)NC(CCCc1ccccc1)CCCc1ccccc1)c1ccc(Oc2ccc(S(=O)(=O)N3Cc4ccccc4C[C@H]3C(=O)NC(CCCc3ccccc3)CCCc3ccccc3)cc2)cc1.